The molecule has 0 aromatic heterocycles. The monoisotopic (exact) mass is 818 g/mol. The van der Waals surface area contributed by atoms with Gasteiger partial charge in [0.25, 0.3) is 0 Å². The third-order valence-electron chi connectivity index (χ3n) is 12.6. The average Bonchev–Trinajstić information content (AvgIpc) is 3.38. The molecule has 0 saturated heterocycles. The molecule has 0 aliphatic heterocycles. The Morgan fingerprint density at radius 3 is 1.30 bits per heavy atom. The summed E-state index contributed by atoms with van der Waals surface area (Å²) >= 11 is 0. The molecule has 1 atom stereocenters. The van der Waals surface area contributed by atoms with Crippen molar-refractivity contribution >= 4 is 50.0 Å². The van der Waals surface area contributed by atoms with E-state index in [4.69, 9.17) is 0 Å². The summed E-state index contributed by atoms with van der Waals surface area (Å²) in [4.78, 5) is 4.74. The first kappa shape index (κ1) is 38.7. The Bertz CT molecular complexity index is 3260. The number of hydrogen-bond donors (Lipinski definition) is 0. The maximum absolute atomic E-state index is 2.39. The van der Waals surface area contributed by atoms with E-state index in [1.807, 2.05) is 0 Å². The lowest BCUT2D eigenvalue weighted by molar-refractivity contribution is 0.840. The van der Waals surface area contributed by atoms with Crippen molar-refractivity contribution in [1.29, 1.82) is 0 Å². The first-order valence-electron chi connectivity index (χ1n) is 22.2. The highest BCUT2D eigenvalue weighted by Crippen LogP contribution is 2.41. The number of hydrogen-bond acceptors (Lipinski definition) is 2. The summed E-state index contributed by atoms with van der Waals surface area (Å²) in [6.07, 6.45) is 8.00. The Balaban J connectivity index is 0.796. The number of allylic oxidation sites excluding steroid dienone is 3. The standard InChI is InChI=1S/C62H46N2/c1-3-20-55(21-4-1)63(61-26-12-16-51-14-7-9-24-59(51)61)57-40-36-47(37-41-57)45-28-32-49(33-29-45)53-18-11-19-54(44-53)50-34-30-46(31-35-50)48-38-42-58(43-39-48)64(56-22-5-2-6-23-56)62-27-13-17-52-15-8-10-25-60(52)62/h1-38,40-44,48H,39H2. The van der Waals surface area contributed by atoms with E-state index in [9.17, 15) is 0 Å². The zero-order chi connectivity index (χ0) is 42.7. The highest BCUT2D eigenvalue weighted by atomic mass is 15.2. The Labute approximate surface area is 376 Å². The molecule has 0 heterocycles. The summed E-state index contributed by atoms with van der Waals surface area (Å²) < 4.78 is 0. The highest BCUT2D eigenvalue weighted by molar-refractivity contribution is 5.99. The van der Waals surface area contributed by atoms with Gasteiger partial charge in [0.05, 0.1) is 11.4 Å². The van der Waals surface area contributed by atoms with Crippen molar-refractivity contribution in [1.82, 2.24) is 0 Å². The predicted octanol–water partition coefficient (Wildman–Crippen LogP) is 17.2. The van der Waals surface area contributed by atoms with Crippen molar-refractivity contribution in [3.63, 3.8) is 0 Å². The molecule has 0 bridgehead atoms. The smallest absolute Gasteiger partial charge is 0.0540 e. The molecule has 0 radical (unpaired) electrons. The van der Waals surface area contributed by atoms with Crippen LogP contribution in [0.3, 0.4) is 0 Å². The van der Waals surface area contributed by atoms with Crippen molar-refractivity contribution in [3.05, 3.63) is 272 Å². The van der Waals surface area contributed by atoms with E-state index in [1.165, 1.54) is 71.9 Å². The van der Waals surface area contributed by atoms with Crippen LogP contribution in [0.5, 0.6) is 0 Å². The topological polar surface area (TPSA) is 6.48 Å². The average molecular weight is 819 g/mol. The quantitative estimate of drug-likeness (QED) is 0.136. The Morgan fingerprint density at radius 2 is 0.750 bits per heavy atom. The summed E-state index contributed by atoms with van der Waals surface area (Å²) in [5.41, 5.74) is 15.5. The highest BCUT2D eigenvalue weighted by Gasteiger charge is 2.20. The van der Waals surface area contributed by atoms with Gasteiger partial charge in [0.2, 0.25) is 0 Å². The third kappa shape index (κ3) is 7.67. The summed E-state index contributed by atoms with van der Waals surface area (Å²) in [6, 6.07) is 87.7. The van der Waals surface area contributed by atoms with Crippen LogP contribution in [0.2, 0.25) is 0 Å². The van der Waals surface area contributed by atoms with E-state index in [2.05, 4.69) is 271 Å². The lowest BCUT2D eigenvalue weighted by Crippen LogP contribution is -2.17. The second-order valence-corrected chi connectivity index (χ2v) is 16.5. The first-order chi connectivity index (χ1) is 31.7. The zero-order valence-electron chi connectivity index (χ0n) is 35.5. The molecule has 2 nitrogen and oxygen atoms in total. The minimum Gasteiger partial charge on any atom is -0.310 e. The lowest BCUT2D eigenvalue weighted by Gasteiger charge is -2.30. The maximum Gasteiger partial charge on any atom is 0.0540 e. The van der Waals surface area contributed by atoms with Gasteiger partial charge in [-0.15, -0.1) is 0 Å². The fraction of sp³-hybridized carbons (Fsp3) is 0.0323. The second-order valence-electron chi connectivity index (χ2n) is 16.5. The molecule has 1 unspecified atom stereocenters. The van der Waals surface area contributed by atoms with Crippen LogP contribution >= 0.6 is 0 Å². The van der Waals surface area contributed by atoms with E-state index in [-0.39, 0.29) is 0 Å². The Kier molecular flexibility index (Phi) is 10.5. The molecule has 1 aliphatic rings. The number of anilines is 5. The van der Waals surface area contributed by atoms with Crippen molar-refractivity contribution in [2.75, 3.05) is 9.80 Å². The number of benzene rings is 10. The predicted molar refractivity (Wildman–Crippen MR) is 272 cm³/mol. The van der Waals surface area contributed by atoms with Crippen LogP contribution in [-0.2, 0) is 0 Å². The largest absolute Gasteiger partial charge is 0.310 e. The molecule has 0 saturated carbocycles. The van der Waals surface area contributed by atoms with Crippen LogP contribution in [0.15, 0.2) is 267 Å². The molecule has 304 valence electrons. The van der Waals surface area contributed by atoms with Crippen LogP contribution in [0.4, 0.5) is 28.4 Å². The fourth-order valence-corrected chi connectivity index (χ4v) is 9.30. The van der Waals surface area contributed by atoms with E-state index in [1.54, 1.807) is 0 Å². The van der Waals surface area contributed by atoms with E-state index < -0.39 is 0 Å². The fourth-order valence-electron chi connectivity index (χ4n) is 9.30. The van der Waals surface area contributed by atoms with Gasteiger partial charge in [0.1, 0.15) is 0 Å². The molecule has 11 rings (SSSR count). The van der Waals surface area contributed by atoms with Crippen molar-refractivity contribution in [2.45, 2.75) is 12.3 Å². The number of nitrogens with zero attached hydrogens (tertiary/aromatic N) is 2. The van der Waals surface area contributed by atoms with Crippen LogP contribution in [0.25, 0.3) is 54.9 Å². The number of fused-ring (bicyclic) bond motifs is 2. The Hall–Kier alpha value is -8.20. The van der Waals surface area contributed by atoms with E-state index in [0.29, 0.717) is 5.92 Å². The van der Waals surface area contributed by atoms with Gasteiger partial charge in [-0.1, -0.05) is 200 Å². The van der Waals surface area contributed by atoms with Gasteiger partial charge in [-0.05, 0) is 117 Å². The zero-order valence-corrected chi connectivity index (χ0v) is 35.5. The molecule has 64 heavy (non-hydrogen) atoms. The minimum absolute atomic E-state index is 0.316. The van der Waals surface area contributed by atoms with Gasteiger partial charge < -0.3 is 9.80 Å². The molecule has 0 fully saturated rings. The molecule has 0 N–H and O–H groups in total. The molecule has 2 heteroatoms. The Morgan fingerprint density at radius 1 is 0.328 bits per heavy atom. The lowest BCUT2D eigenvalue weighted by atomic mass is 9.89. The first-order valence-corrected chi connectivity index (χ1v) is 22.2. The van der Waals surface area contributed by atoms with E-state index in [0.717, 1.165) is 29.2 Å². The van der Waals surface area contributed by atoms with Gasteiger partial charge in [-0.3, -0.25) is 0 Å². The third-order valence-corrected chi connectivity index (χ3v) is 12.6. The molecule has 0 amide bonds. The van der Waals surface area contributed by atoms with Crippen molar-refractivity contribution < 1.29 is 0 Å². The second kappa shape index (κ2) is 17.3. The van der Waals surface area contributed by atoms with Crippen molar-refractivity contribution in [2.24, 2.45) is 0 Å². The molecule has 0 spiro atoms. The molecular weight excluding hydrogens is 773 g/mol. The molecule has 10 aromatic rings. The number of rotatable bonds is 10. The van der Waals surface area contributed by atoms with Crippen LogP contribution < -0.4 is 9.80 Å². The van der Waals surface area contributed by atoms with Gasteiger partial charge in [-0.2, -0.15) is 0 Å². The summed E-state index contributed by atoms with van der Waals surface area (Å²) in [5, 5.41) is 4.94. The van der Waals surface area contributed by atoms with Gasteiger partial charge >= 0.3 is 0 Å². The van der Waals surface area contributed by atoms with Crippen LogP contribution in [-0.4, -0.2) is 0 Å². The normalized spacial score (nSPS) is 13.4. The van der Waals surface area contributed by atoms with Crippen molar-refractivity contribution in [3.8, 4) is 33.4 Å². The van der Waals surface area contributed by atoms with E-state index >= 15 is 0 Å². The molecule has 1 aliphatic carbocycles. The molecular formula is C62H46N2. The maximum atomic E-state index is 2.39. The summed E-state index contributed by atoms with van der Waals surface area (Å²) in [5.74, 6) is 0.316. The molecule has 10 aromatic carbocycles. The SMILES string of the molecule is C1=CC(c2ccc(-c3cccc(-c4ccc(-c5ccc(N(c6ccccc6)c6cccc7ccccc67)cc5)cc4)c3)cc2)CC=C1N(c1ccccc1)c1cccc2ccccc12. The van der Waals surface area contributed by atoms with Gasteiger partial charge in [0, 0.05) is 39.4 Å². The number of para-hydroxylation sites is 2. The van der Waals surface area contributed by atoms with Gasteiger partial charge in [0.15, 0.2) is 0 Å². The van der Waals surface area contributed by atoms with Crippen LogP contribution in [0.1, 0.15) is 17.9 Å². The summed E-state index contributed by atoms with van der Waals surface area (Å²) in [7, 11) is 0. The minimum atomic E-state index is 0.316. The van der Waals surface area contributed by atoms with Gasteiger partial charge in [-0.25, -0.2) is 0 Å². The van der Waals surface area contributed by atoms with Crippen LogP contribution in [0, 0.1) is 0 Å². The summed E-state index contributed by atoms with van der Waals surface area (Å²) in [6.45, 7) is 0.